The van der Waals surface area contributed by atoms with E-state index in [-0.39, 0.29) is 6.03 Å². The second-order valence-corrected chi connectivity index (χ2v) is 5.14. The van der Waals surface area contributed by atoms with E-state index in [4.69, 9.17) is 4.42 Å². The molecule has 0 unspecified atom stereocenters. The summed E-state index contributed by atoms with van der Waals surface area (Å²) in [6, 6.07) is 18.7. The van der Waals surface area contributed by atoms with Gasteiger partial charge in [0.2, 0.25) is 0 Å². The molecule has 0 saturated heterocycles. The van der Waals surface area contributed by atoms with Gasteiger partial charge in [0.1, 0.15) is 0 Å². The molecule has 0 radical (unpaired) electrons. The number of carbonyl (C=O) groups excluding carboxylic acids is 1. The number of benzene rings is 2. The normalized spacial score (nSPS) is 9.67. The summed E-state index contributed by atoms with van der Waals surface area (Å²) in [6.45, 7) is 0.413. The Morgan fingerprint density at radius 1 is 0.958 bits per heavy atom. The minimum atomic E-state index is -0.274. The number of hydrogen-bond acceptors (Lipinski definition) is 2. The Morgan fingerprint density at radius 3 is 2.54 bits per heavy atom. The van der Waals surface area contributed by atoms with Crippen molar-refractivity contribution in [1.29, 1.82) is 0 Å². The second-order valence-electron chi connectivity index (χ2n) is 5.14. The van der Waals surface area contributed by atoms with Crippen molar-refractivity contribution in [3.05, 3.63) is 89.9 Å². The Labute approximate surface area is 140 Å². The predicted molar refractivity (Wildman–Crippen MR) is 93.4 cm³/mol. The summed E-state index contributed by atoms with van der Waals surface area (Å²) in [7, 11) is 0. The molecule has 0 aliphatic rings. The van der Waals surface area contributed by atoms with Gasteiger partial charge in [-0.3, -0.25) is 0 Å². The Kier molecular flexibility index (Phi) is 4.96. The average molecular weight is 316 g/mol. The summed E-state index contributed by atoms with van der Waals surface area (Å²) in [6.07, 6.45) is 3.17. The third kappa shape index (κ3) is 4.52. The van der Waals surface area contributed by atoms with Crippen molar-refractivity contribution in [2.45, 2.75) is 6.54 Å². The first-order chi connectivity index (χ1) is 11.8. The molecule has 2 aromatic carbocycles. The third-order valence-corrected chi connectivity index (χ3v) is 3.28. The molecule has 0 aliphatic carbocycles. The van der Waals surface area contributed by atoms with Crippen molar-refractivity contribution in [3.63, 3.8) is 0 Å². The molecule has 1 heterocycles. The zero-order chi connectivity index (χ0) is 16.6. The maximum absolute atomic E-state index is 11.9. The van der Waals surface area contributed by atoms with Crippen LogP contribution in [0.1, 0.15) is 16.7 Å². The van der Waals surface area contributed by atoms with Crippen LogP contribution in [0.5, 0.6) is 0 Å². The Balaban J connectivity index is 1.61. The van der Waals surface area contributed by atoms with Gasteiger partial charge in [-0.1, -0.05) is 36.1 Å². The molecular weight excluding hydrogens is 300 g/mol. The summed E-state index contributed by atoms with van der Waals surface area (Å²) in [5.41, 5.74) is 3.40. The van der Waals surface area contributed by atoms with E-state index in [0.29, 0.717) is 12.2 Å². The van der Waals surface area contributed by atoms with E-state index in [2.05, 4.69) is 22.5 Å². The monoisotopic (exact) mass is 316 g/mol. The number of urea groups is 1. The maximum Gasteiger partial charge on any atom is 0.319 e. The van der Waals surface area contributed by atoms with Crippen molar-refractivity contribution in [2.75, 3.05) is 5.32 Å². The van der Waals surface area contributed by atoms with Gasteiger partial charge in [0, 0.05) is 28.9 Å². The Morgan fingerprint density at radius 2 is 1.75 bits per heavy atom. The molecule has 0 aliphatic heterocycles. The van der Waals surface area contributed by atoms with Crippen LogP contribution in [0, 0.1) is 11.8 Å². The minimum absolute atomic E-state index is 0.274. The van der Waals surface area contributed by atoms with Gasteiger partial charge >= 0.3 is 6.03 Å². The molecular formula is C20H16N2O2. The Hall–Kier alpha value is -3.45. The molecule has 4 heteroatoms. The van der Waals surface area contributed by atoms with Crippen LogP contribution < -0.4 is 10.6 Å². The molecule has 1 aromatic heterocycles. The van der Waals surface area contributed by atoms with E-state index in [9.17, 15) is 4.79 Å². The summed E-state index contributed by atoms with van der Waals surface area (Å²) < 4.78 is 4.96. The fourth-order valence-corrected chi connectivity index (χ4v) is 2.09. The highest BCUT2D eigenvalue weighted by Gasteiger charge is 2.02. The van der Waals surface area contributed by atoms with Gasteiger partial charge in [-0.15, -0.1) is 0 Å². The lowest BCUT2D eigenvalue weighted by atomic mass is 10.1. The number of furan rings is 1. The van der Waals surface area contributed by atoms with Gasteiger partial charge in [0.25, 0.3) is 0 Å². The van der Waals surface area contributed by atoms with Crippen molar-refractivity contribution in [3.8, 4) is 11.8 Å². The fourth-order valence-electron chi connectivity index (χ4n) is 2.09. The summed E-state index contributed by atoms with van der Waals surface area (Å²) in [5.74, 6) is 6.19. The van der Waals surface area contributed by atoms with Gasteiger partial charge in [0.15, 0.2) is 0 Å². The quantitative estimate of drug-likeness (QED) is 0.718. The fraction of sp³-hybridized carbons (Fsp3) is 0.0500. The van der Waals surface area contributed by atoms with Gasteiger partial charge in [0.05, 0.1) is 12.5 Å². The number of hydrogen-bond donors (Lipinski definition) is 2. The molecule has 0 fully saturated rings. The predicted octanol–water partition coefficient (Wildman–Crippen LogP) is 4.00. The lowest BCUT2D eigenvalue weighted by Gasteiger charge is -2.06. The maximum atomic E-state index is 11.9. The van der Waals surface area contributed by atoms with Crippen LogP contribution in [-0.2, 0) is 6.54 Å². The van der Waals surface area contributed by atoms with E-state index in [1.54, 1.807) is 18.6 Å². The number of amides is 2. The average Bonchev–Trinajstić information content (AvgIpc) is 3.13. The molecule has 0 saturated carbocycles. The highest BCUT2D eigenvalue weighted by molar-refractivity contribution is 5.89. The van der Waals surface area contributed by atoms with Crippen molar-refractivity contribution >= 4 is 11.7 Å². The molecule has 24 heavy (non-hydrogen) atoms. The zero-order valence-corrected chi connectivity index (χ0v) is 13.0. The first-order valence-corrected chi connectivity index (χ1v) is 7.53. The molecule has 0 bridgehead atoms. The molecule has 118 valence electrons. The van der Waals surface area contributed by atoms with E-state index < -0.39 is 0 Å². The number of nitrogens with one attached hydrogen (secondary N) is 2. The third-order valence-electron chi connectivity index (χ3n) is 3.28. The van der Waals surface area contributed by atoms with Crippen LogP contribution in [-0.4, -0.2) is 6.03 Å². The smallest absolute Gasteiger partial charge is 0.319 e. The van der Waals surface area contributed by atoms with Gasteiger partial charge in [-0.05, 0) is 36.4 Å². The van der Waals surface area contributed by atoms with Gasteiger partial charge < -0.3 is 15.1 Å². The summed E-state index contributed by atoms with van der Waals surface area (Å²) in [4.78, 5) is 11.9. The van der Waals surface area contributed by atoms with Crippen molar-refractivity contribution in [2.24, 2.45) is 0 Å². The van der Waals surface area contributed by atoms with Crippen LogP contribution in [0.2, 0.25) is 0 Å². The van der Waals surface area contributed by atoms with Crippen LogP contribution in [0.15, 0.2) is 77.6 Å². The Bertz CT molecular complexity index is 859. The number of rotatable bonds is 3. The van der Waals surface area contributed by atoms with E-state index in [1.807, 2.05) is 54.6 Å². The van der Waals surface area contributed by atoms with Crippen molar-refractivity contribution in [1.82, 2.24) is 5.32 Å². The number of anilines is 1. The first-order valence-electron chi connectivity index (χ1n) is 7.53. The van der Waals surface area contributed by atoms with E-state index >= 15 is 0 Å². The molecule has 4 nitrogen and oxygen atoms in total. The van der Waals surface area contributed by atoms with E-state index in [0.717, 1.165) is 16.7 Å². The second kappa shape index (κ2) is 7.70. The SMILES string of the molecule is O=C(NCc1ccoc1)Nc1cccc(C#Cc2ccccc2)c1. The molecule has 3 aromatic rings. The topological polar surface area (TPSA) is 54.3 Å². The molecule has 2 N–H and O–H groups in total. The molecule has 0 spiro atoms. The lowest BCUT2D eigenvalue weighted by molar-refractivity contribution is 0.251. The number of carbonyl (C=O) groups is 1. The summed E-state index contributed by atoms with van der Waals surface area (Å²) >= 11 is 0. The standard InChI is InChI=1S/C20H16N2O2/c23-20(21-14-18-11-12-24-15-18)22-19-8-4-7-17(13-19)10-9-16-5-2-1-3-6-16/h1-8,11-13,15H,14H2,(H2,21,22,23). The van der Waals surface area contributed by atoms with E-state index in [1.165, 1.54) is 0 Å². The largest absolute Gasteiger partial charge is 0.472 e. The molecule has 2 amide bonds. The molecule has 3 rings (SSSR count). The van der Waals surface area contributed by atoms with Crippen molar-refractivity contribution < 1.29 is 9.21 Å². The summed E-state index contributed by atoms with van der Waals surface area (Å²) in [5, 5.41) is 5.56. The van der Waals surface area contributed by atoms with Crippen LogP contribution >= 0.6 is 0 Å². The van der Waals surface area contributed by atoms with Gasteiger partial charge in [-0.25, -0.2) is 4.79 Å². The minimum Gasteiger partial charge on any atom is -0.472 e. The highest BCUT2D eigenvalue weighted by atomic mass is 16.3. The first kappa shape index (κ1) is 15.4. The highest BCUT2D eigenvalue weighted by Crippen LogP contribution is 2.10. The van der Waals surface area contributed by atoms with Gasteiger partial charge in [-0.2, -0.15) is 0 Å². The van der Waals surface area contributed by atoms with Crippen LogP contribution in [0.4, 0.5) is 10.5 Å². The molecule has 0 atom stereocenters. The van der Waals surface area contributed by atoms with Crippen LogP contribution in [0.25, 0.3) is 0 Å². The zero-order valence-electron chi connectivity index (χ0n) is 13.0. The van der Waals surface area contributed by atoms with Crippen LogP contribution in [0.3, 0.4) is 0 Å². The lowest BCUT2D eigenvalue weighted by Crippen LogP contribution is -2.27.